The van der Waals surface area contributed by atoms with Crippen molar-refractivity contribution in [2.45, 2.75) is 26.4 Å². The van der Waals surface area contributed by atoms with Gasteiger partial charge in [-0.2, -0.15) is 0 Å². The summed E-state index contributed by atoms with van der Waals surface area (Å²) in [6.45, 7) is 3.63. The molecule has 104 valence electrons. The first-order chi connectivity index (χ1) is 9.88. The van der Waals surface area contributed by atoms with Crippen molar-refractivity contribution in [1.29, 1.82) is 0 Å². The highest BCUT2D eigenvalue weighted by Gasteiger charge is 1.91. The molecule has 0 heterocycles. The lowest BCUT2D eigenvalue weighted by atomic mass is 10.1. The predicted octanol–water partition coefficient (Wildman–Crippen LogP) is 4.87. The molecule has 0 radical (unpaired) electrons. The Bertz CT molecular complexity index is 511. The summed E-state index contributed by atoms with van der Waals surface area (Å²) in [5.74, 6) is 0. The summed E-state index contributed by atoms with van der Waals surface area (Å²) in [5, 5.41) is 0. The molecule has 0 fully saturated rings. The van der Waals surface area contributed by atoms with Gasteiger partial charge in [0.2, 0.25) is 0 Å². The molecular formula is C19H22O. The molecule has 0 amide bonds. The lowest BCUT2D eigenvalue weighted by Crippen LogP contribution is -1.93. The zero-order valence-corrected chi connectivity index (χ0v) is 12.1. The van der Waals surface area contributed by atoms with E-state index in [0.29, 0.717) is 6.61 Å². The van der Waals surface area contributed by atoms with Crippen LogP contribution in [0.2, 0.25) is 0 Å². The van der Waals surface area contributed by atoms with Crippen LogP contribution in [0, 0.1) is 0 Å². The lowest BCUT2D eigenvalue weighted by Gasteiger charge is -2.02. The number of hydrogen-bond acceptors (Lipinski definition) is 1. The van der Waals surface area contributed by atoms with Gasteiger partial charge in [0.25, 0.3) is 0 Å². The number of ether oxygens (including phenoxy) is 1. The van der Waals surface area contributed by atoms with Crippen molar-refractivity contribution < 1.29 is 4.74 Å². The van der Waals surface area contributed by atoms with Gasteiger partial charge in [0.15, 0.2) is 0 Å². The van der Waals surface area contributed by atoms with E-state index in [4.69, 9.17) is 4.74 Å². The van der Waals surface area contributed by atoms with Crippen molar-refractivity contribution in [3.8, 4) is 0 Å². The maximum absolute atomic E-state index is 5.64. The molecule has 0 saturated heterocycles. The van der Waals surface area contributed by atoms with Crippen LogP contribution in [-0.2, 0) is 17.8 Å². The van der Waals surface area contributed by atoms with E-state index in [2.05, 4.69) is 55.5 Å². The minimum Gasteiger partial charge on any atom is -0.376 e. The monoisotopic (exact) mass is 266 g/mol. The Morgan fingerprint density at radius 3 is 2.35 bits per heavy atom. The molecule has 1 heteroatoms. The molecule has 2 aromatic rings. The minimum absolute atomic E-state index is 0.694. The summed E-state index contributed by atoms with van der Waals surface area (Å²) >= 11 is 0. The maximum Gasteiger partial charge on any atom is 0.0717 e. The predicted molar refractivity (Wildman–Crippen MR) is 85.6 cm³/mol. The zero-order chi connectivity index (χ0) is 14.0. The lowest BCUT2D eigenvalue weighted by molar-refractivity contribution is 0.125. The van der Waals surface area contributed by atoms with E-state index in [1.54, 1.807) is 0 Å². The van der Waals surface area contributed by atoms with Gasteiger partial charge in [0, 0.05) is 0 Å². The number of hydrogen-bond donors (Lipinski definition) is 0. The van der Waals surface area contributed by atoms with E-state index in [9.17, 15) is 0 Å². The normalized spacial score (nSPS) is 11.1. The highest BCUT2D eigenvalue weighted by molar-refractivity contribution is 5.49. The smallest absolute Gasteiger partial charge is 0.0717 e. The molecule has 0 spiro atoms. The third-order valence-corrected chi connectivity index (χ3v) is 3.24. The van der Waals surface area contributed by atoms with Gasteiger partial charge >= 0.3 is 0 Å². The molecule has 1 nitrogen and oxygen atoms in total. The van der Waals surface area contributed by atoms with Crippen LogP contribution in [0.4, 0.5) is 0 Å². The third-order valence-electron chi connectivity index (χ3n) is 3.24. The van der Waals surface area contributed by atoms with Gasteiger partial charge in [-0.3, -0.25) is 0 Å². The third kappa shape index (κ3) is 5.02. The topological polar surface area (TPSA) is 9.23 Å². The van der Waals surface area contributed by atoms with Crippen LogP contribution in [0.3, 0.4) is 0 Å². The van der Waals surface area contributed by atoms with Gasteiger partial charge in [-0.15, -0.1) is 0 Å². The van der Waals surface area contributed by atoms with E-state index in [1.807, 2.05) is 18.2 Å². The second-order valence-corrected chi connectivity index (χ2v) is 4.82. The number of benzene rings is 2. The Kier molecular flexibility index (Phi) is 6.07. The van der Waals surface area contributed by atoms with Crippen LogP contribution < -0.4 is 0 Å². The average Bonchev–Trinajstić information content (AvgIpc) is 2.52. The Labute approximate surface area is 121 Å². The first-order valence-electron chi connectivity index (χ1n) is 7.25. The summed E-state index contributed by atoms with van der Waals surface area (Å²) in [5.41, 5.74) is 3.87. The van der Waals surface area contributed by atoms with Crippen molar-refractivity contribution in [3.63, 3.8) is 0 Å². The summed E-state index contributed by atoms with van der Waals surface area (Å²) in [4.78, 5) is 0. The summed E-state index contributed by atoms with van der Waals surface area (Å²) in [7, 11) is 0. The molecule has 0 saturated carbocycles. The number of aryl methyl sites for hydroxylation is 1. The van der Waals surface area contributed by atoms with Gasteiger partial charge in [-0.05, 0) is 29.5 Å². The molecule has 0 aliphatic heterocycles. The molecule has 0 unspecified atom stereocenters. The van der Waals surface area contributed by atoms with Crippen molar-refractivity contribution in [2.24, 2.45) is 0 Å². The fraction of sp³-hybridized carbons (Fsp3) is 0.263. The van der Waals surface area contributed by atoms with Gasteiger partial charge in [0.05, 0.1) is 13.2 Å². The Morgan fingerprint density at radius 2 is 1.65 bits per heavy atom. The molecule has 0 aliphatic rings. The van der Waals surface area contributed by atoms with Crippen LogP contribution in [0.15, 0.2) is 60.7 Å². The summed E-state index contributed by atoms with van der Waals surface area (Å²) in [6.07, 6.45) is 6.37. The molecule has 2 rings (SSSR count). The first-order valence-corrected chi connectivity index (χ1v) is 7.25. The molecule has 20 heavy (non-hydrogen) atoms. The minimum atomic E-state index is 0.694. The van der Waals surface area contributed by atoms with Crippen LogP contribution in [0.5, 0.6) is 0 Å². The molecule has 0 bridgehead atoms. The Hall–Kier alpha value is -1.86. The largest absolute Gasteiger partial charge is 0.376 e. The Morgan fingerprint density at radius 1 is 0.900 bits per heavy atom. The van der Waals surface area contributed by atoms with Gasteiger partial charge in [-0.1, -0.05) is 73.7 Å². The molecule has 0 N–H and O–H groups in total. The van der Waals surface area contributed by atoms with Gasteiger partial charge < -0.3 is 4.74 Å². The molecule has 0 aliphatic carbocycles. The fourth-order valence-corrected chi connectivity index (χ4v) is 2.00. The van der Waals surface area contributed by atoms with Crippen LogP contribution in [-0.4, -0.2) is 6.61 Å². The highest BCUT2D eigenvalue weighted by Crippen LogP contribution is 2.07. The number of rotatable bonds is 7. The van der Waals surface area contributed by atoms with Crippen LogP contribution in [0.1, 0.15) is 30.0 Å². The van der Waals surface area contributed by atoms with E-state index in [-0.39, 0.29) is 0 Å². The van der Waals surface area contributed by atoms with Crippen molar-refractivity contribution in [2.75, 3.05) is 6.61 Å². The molecule has 0 atom stereocenters. The highest BCUT2D eigenvalue weighted by atomic mass is 16.5. The maximum atomic E-state index is 5.64. The first kappa shape index (κ1) is 14.5. The SMILES string of the molecule is CCc1ccc(/C=C/CCOCc2ccccc2)cc1. The van der Waals surface area contributed by atoms with Crippen molar-refractivity contribution >= 4 is 6.08 Å². The van der Waals surface area contributed by atoms with Crippen LogP contribution >= 0.6 is 0 Å². The molecule has 0 aromatic heterocycles. The second kappa shape index (κ2) is 8.34. The van der Waals surface area contributed by atoms with Gasteiger partial charge in [0.1, 0.15) is 0 Å². The standard InChI is InChI=1S/C19H22O/c1-2-17-11-13-18(14-12-17)8-6-7-15-20-16-19-9-4-3-5-10-19/h3-6,8-14H,2,7,15-16H2,1H3/b8-6+. The Balaban J connectivity index is 1.66. The molecule has 2 aromatic carbocycles. The van der Waals surface area contributed by atoms with E-state index in [1.165, 1.54) is 16.7 Å². The van der Waals surface area contributed by atoms with Crippen LogP contribution in [0.25, 0.3) is 6.08 Å². The summed E-state index contributed by atoms with van der Waals surface area (Å²) in [6, 6.07) is 19.0. The average molecular weight is 266 g/mol. The van der Waals surface area contributed by atoms with E-state index < -0.39 is 0 Å². The van der Waals surface area contributed by atoms with E-state index >= 15 is 0 Å². The summed E-state index contributed by atoms with van der Waals surface area (Å²) < 4.78 is 5.64. The quantitative estimate of drug-likeness (QED) is 0.650. The second-order valence-electron chi connectivity index (χ2n) is 4.82. The zero-order valence-electron chi connectivity index (χ0n) is 12.1. The van der Waals surface area contributed by atoms with Crippen molar-refractivity contribution in [1.82, 2.24) is 0 Å². The van der Waals surface area contributed by atoms with Crippen molar-refractivity contribution in [3.05, 3.63) is 77.4 Å². The fourth-order valence-electron chi connectivity index (χ4n) is 2.00. The van der Waals surface area contributed by atoms with E-state index in [0.717, 1.165) is 19.4 Å². The molecular weight excluding hydrogens is 244 g/mol. The van der Waals surface area contributed by atoms with Gasteiger partial charge in [-0.25, -0.2) is 0 Å².